The Hall–Kier alpha value is -1.25. The highest BCUT2D eigenvalue weighted by Gasteiger charge is 2.00. The maximum atomic E-state index is 8.81. The van der Waals surface area contributed by atoms with E-state index in [1.807, 2.05) is 18.2 Å². The molecule has 5 heteroatoms. The van der Waals surface area contributed by atoms with E-state index in [0.29, 0.717) is 5.69 Å². The molecule has 1 rings (SSSR count). The second kappa shape index (κ2) is 7.97. The average Bonchev–Trinajstić information content (AvgIpc) is 2.34. The van der Waals surface area contributed by atoms with Crippen LogP contribution in [0, 0.1) is 11.3 Å². The van der Waals surface area contributed by atoms with Gasteiger partial charge in [0.25, 0.3) is 0 Å². The van der Waals surface area contributed by atoms with Crippen molar-refractivity contribution in [2.45, 2.75) is 6.42 Å². The van der Waals surface area contributed by atoms with E-state index in [1.165, 1.54) is 0 Å². The predicted molar refractivity (Wildman–Crippen MR) is 66.5 cm³/mol. The number of nitrogens with one attached hydrogen (secondary N) is 1. The Morgan fingerprint density at radius 1 is 1.50 bits per heavy atom. The molecule has 0 atom stereocenters. The van der Waals surface area contributed by atoms with E-state index in [-0.39, 0.29) is 6.61 Å². The summed E-state index contributed by atoms with van der Waals surface area (Å²) in [4.78, 5) is 3.96. The molecule has 86 valence electrons. The first kappa shape index (κ1) is 12.8. The first-order valence-corrected chi connectivity index (χ1v) is 6.31. The molecule has 0 aliphatic heterocycles. The van der Waals surface area contributed by atoms with Crippen molar-refractivity contribution in [2.24, 2.45) is 0 Å². The maximum absolute atomic E-state index is 8.81. The highest BCUT2D eigenvalue weighted by Crippen LogP contribution is 2.10. The fourth-order valence-electron chi connectivity index (χ4n) is 1.16. The normalized spacial score (nSPS) is 9.75. The Morgan fingerprint density at radius 2 is 2.38 bits per heavy atom. The molecule has 0 aliphatic carbocycles. The van der Waals surface area contributed by atoms with E-state index in [0.717, 1.165) is 30.2 Å². The molecule has 1 aromatic heterocycles. The molecule has 1 heterocycles. The zero-order chi connectivity index (χ0) is 11.6. The van der Waals surface area contributed by atoms with Crippen LogP contribution in [0.5, 0.6) is 0 Å². The number of thioether (sulfide) groups is 1. The molecule has 1 aromatic rings. The maximum Gasteiger partial charge on any atom is 0.163 e. The minimum atomic E-state index is 0.252. The van der Waals surface area contributed by atoms with Crippen LogP contribution in [0.2, 0.25) is 0 Å². The van der Waals surface area contributed by atoms with Gasteiger partial charge in [-0.15, -0.1) is 0 Å². The molecule has 16 heavy (non-hydrogen) atoms. The zero-order valence-electron chi connectivity index (χ0n) is 9.02. The molecular formula is C11H15N3OS. The molecule has 0 radical (unpaired) electrons. The largest absolute Gasteiger partial charge is 0.396 e. The van der Waals surface area contributed by atoms with Gasteiger partial charge in [0.15, 0.2) is 5.69 Å². The Balaban J connectivity index is 2.24. The number of nitriles is 1. The van der Waals surface area contributed by atoms with Gasteiger partial charge in [0.1, 0.15) is 6.07 Å². The first-order valence-electron chi connectivity index (χ1n) is 5.16. The number of hydrogen-bond donors (Lipinski definition) is 2. The van der Waals surface area contributed by atoms with Crippen LogP contribution in [-0.2, 0) is 0 Å². The number of rotatable bonds is 7. The standard InChI is InChI=1S/C11H15N3OS/c12-9-11-10(3-1-4-13-11)14-5-8-16-7-2-6-15/h1,3-4,14-15H,2,5-8H2. The summed E-state index contributed by atoms with van der Waals surface area (Å²) in [7, 11) is 0. The third-order valence-corrected chi connectivity index (χ3v) is 2.99. The molecule has 2 N–H and O–H groups in total. The second-order valence-corrected chi connectivity index (χ2v) is 4.35. The average molecular weight is 237 g/mol. The van der Waals surface area contributed by atoms with E-state index < -0.39 is 0 Å². The summed E-state index contributed by atoms with van der Waals surface area (Å²) in [6.07, 6.45) is 2.45. The van der Waals surface area contributed by atoms with Crippen LogP contribution in [0.3, 0.4) is 0 Å². The Kier molecular flexibility index (Phi) is 6.38. The highest BCUT2D eigenvalue weighted by molar-refractivity contribution is 7.99. The van der Waals surface area contributed by atoms with Crippen LogP contribution < -0.4 is 5.32 Å². The van der Waals surface area contributed by atoms with Crippen LogP contribution in [0.25, 0.3) is 0 Å². The molecule has 0 aliphatic rings. The van der Waals surface area contributed by atoms with Gasteiger partial charge in [-0.25, -0.2) is 4.98 Å². The lowest BCUT2D eigenvalue weighted by molar-refractivity contribution is 0.296. The molecular weight excluding hydrogens is 222 g/mol. The first-order chi connectivity index (χ1) is 7.88. The van der Waals surface area contributed by atoms with Crippen molar-refractivity contribution < 1.29 is 5.11 Å². The van der Waals surface area contributed by atoms with Gasteiger partial charge >= 0.3 is 0 Å². The summed E-state index contributed by atoms with van der Waals surface area (Å²) in [5.74, 6) is 1.93. The lowest BCUT2D eigenvalue weighted by Crippen LogP contribution is -2.06. The monoisotopic (exact) mass is 237 g/mol. The molecule has 4 nitrogen and oxygen atoms in total. The van der Waals surface area contributed by atoms with Gasteiger partial charge in [0.05, 0.1) is 5.69 Å². The van der Waals surface area contributed by atoms with Crippen molar-refractivity contribution in [3.05, 3.63) is 24.0 Å². The van der Waals surface area contributed by atoms with Crippen LogP contribution in [0.1, 0.15) is 12.1 Å². The van der Waals surface area contributed by atoms with Gasteiger partial charge in [-0.2, -0.15) is 17.0 Å². The smallest absolute Gasteiger partial charge is 0.163 e. The number of anilines is 1. The van der Waals surface area contributed by atoms with Gasteiger partial charge in [0.2, 0.25) is 0 Å². The van der Waals surface area contributed by atoms with E-state index in [2.05, 4.69) is 10.3 Å². The van der Waals surface area contributed by atoms with E-state index >= 15 is 0 Å². The number of aliphatic hydroxyl groups excluding tert-OH is 1. The van der Waals surface area contributed by atoms with Crippen LogP contribution >= 0.6 is 11.8 Å². The number of aliphatic hydroxyl groups is 1. The van der Waals surface area contributed by atoms with Crippen molar-refractivity contribution in [1.82, 2.24) is 4.98 Å². The van der Waals surface area contributed by atoms with Gasteiger partial charge in [-0.1, -0.05) is 0 Å². The quantitative estimate of drug-likeness (QED) is 0.703. The third-order valence-electron chi connectivity index (χ3n) is 1.92. The lowest BCUT2D eigenvalue weighted by Gasteiger charge is -2.06. The van der Waals surface area contributed by atoms with Crippen molar-refractivity contribution in [3.63, 3.8) is 0 Å². The molecule has 0 saturated carbocycles. The summed E-state index contributed by atoms with van der Waals surface area (Å²) in [6.45, 7) is 1.05. The molecule has 0 amide bonds. The minimum Gasteiger partial charge on any atom is -0.396 e. The molecule has 0 saturated heterocycles. The minimum absolute atomic E-state index is 0.252. The van der Waals surface area contributed by atoms with E-state index in [9.17, 15) is 0 Å². The van der Waals surface area contributed by atoms with Crippen LogP contribution in [-0.4, -0.2) is 34.7 Å². The van der Waals surface area contributed by atoms with Crippen LogP contribution in [0.15, 0.2) is 18.3 Å². The fraction of sp³-hybridized carbons (Fsp3) is 0.455. The van der Waals surface area contributed by atoms with Crippen molar-refractivity contribution in [2.75, 3.05) is 30.0 Å². The zero-order valence-corrected chi connectivity index (χ0v) is 9.83. The molecule has 0 unspecified atom stereocenters. The fourth-order valence-corrected chi connectivity index (χ4v) is 1.95. The number of pyridine rings is 1. The molecule has 0 spiro atoms. The highest BCUT2D eigenvalue weighted by atomic mass is 32.2. The topological polar surface area (TPSA) is 68.9 Å². The molecule has 0 aromatic carbocycles. The SMILES string of the molecule is N#Cc1ncccc1NCCSCCCO. The number of aromatic nitrogens is 1. The van der Waals surface area contributed by atoms with Gasteiger partial charge in [-0.05, 0) is 24.3 Å². The summed E-state index contributed by atoms with van der Waals surface area (Å²) >= 11 is 1.78. The predicted octanol–water partition coefficient (Wildman–Crippen LogP) is 1.48. The summed E-state index contributed by atoms with van der Waals surface area (Å²) in [5.41, 5.74) is 1.22. The van der Waals surface area contributed by atoms with Crippen LogP contribution in [0.4, 0.5) is 5.69 Å². The van der Waals surface area contributed by atoms with Gasteiger partial charge < -0.3 is 10.4 Å². The van der Waals surface area contributed by atoms with Crippen molar-refractivity contribution >= 4 is 17.4 Å². The Labute approximate surface area is 99.7 Å². The number of nitrogens with zero attached hydrogens (tertiary/aromatic N) is 2. The van der Waals surface area contributed by atoms with Gasteiger partial charge in [-0.3, -0.25) is 0 Å². The third kappa shape index (κ3) is 4.51. The van der Waals surface area contributed by atoms with Crippen molar-refractivity contribution in [3.8, 4) is 6.07 Å². The van der Waals surface area contributed by atoms with E-state index in [1.54, 1.807) is 18.0 Å². The second-order valence-electron chi connectivity index (χ2n) is 3.13. The molecule has 0 fully saturated rings. The van der Waals surface area contributed by atoms with E-state index in [4.69, 9.17) is 10.4 Å². The Morgan fingerprint density at radius 3 is 3.12 bits per heavy atom. The molecule has 0 bridgehead atoms. The summed E-state index contributed by atoms with van der Waals surface area (Å²) < 4.78 is 0. The number of hydrogen-bond acceptors (Lipinski definition) is 5. The van der Waals surface area contributed by atoms with Crippen molar-refractivity contribution in [1.29, 1.82) is 5.26 Å². The van der Waals surface area contributed by atoms with Gasteiger partial charge in [0, 0.05) is 25.1 Å². The Bertz CT molecular complexity index is 351. The summed E-state index contributed by atoms with van der Waals surface area (Å²) in [5, 5.41) is 20.6. The lowest BCUT2D eigenvalue weighted by atomic mass is 10.3. The summed E-state index contributed by atoms with van der Waals surface area (Å²) in [6, 6.07) is 5.70.